The Morgan fingerprint density at radius 2 is 2.04 bits per heavy atom. The van der Waals surface area contributed by atoms with E-state index in [9.17, 15) is 14.4 Å². The minimum atomic E-state index is -0.550. The van der Waals surface area contributed by atoms with Gasteiger partial charge in [0.15, 0.2) is 6.61 Å². The smallest absolute Gasteiger partial charge is 0.308 e. The van der Waals surface area contributed by atoms with Crippen molar-refractivity contribution < 1.29 is 14.3 Å². The van der Waals surface area contributed by atoms with Crippen molar-refractivity contribution in [1.82, 2.24) is 9.55 Å². The van der Waals surface area contributed by atoms with Crippen molar-refractivity contribution >= 4 is 56.2 Å². The molecule has 0 aliphatic heterocycles. The molecule has 0 fully saturated rings. The van der Waals surface area contributed by atoms with Crippen LogP contribution in [0.5, 0.6) is 0 Å². The van der Waals surface area contributed by atoms with E-state index < -0.39 is 5.97 Å². The first kappa shape index (κ1) is 18.8. The summed E-state index contributed by atoms with van der Waals surface area (Å²) in [6.45, 7) is 3.64. The Hall–Kier alpha value is -2.03. The van der Waals surface area contributed by atoms with Gasteiger partial charge in [0.2, 0.25) is 5.78 Å². The molecule has 0 atom stereocenters. The molecule has 3 heterocycles. The van der Waals surface area contributed by atoms with E-state index in [1.807, 2.05) is 13.8 Å². The first-order chi connectivity index (χ1) is 12.4. The molecule has 0 aliphatic rings. The number of carbonyl (C=O) groups is 2. The van der Waals surface area contributed by atoms with Crippen molar-refractivity contribution in [2.45, 2.75) is 26.8 Å². The molecule has 0 radical (unpaired) electrons. The summed E-state index contributed by atoms with van der Waals surface area (Å²) < 4.78 is 6.88. The summed E-state index contributed by atoms with van der Waals surface area (Å²) in [6.07, 6.45) is 1.42. The highest BCUT2D eigenvalue weighted by Crippen LogP contribution is 2.25. The summed E-state index contributed by atoms with van der Waals surface area (Å²) in [5, 5.41) is 0.591. The Bertz CT molecular complexity index is 1050. The SMILES string of the molecule is Cc1sc2ncn(CCC(=O)OCC(=O)c3ccc(Cl)s3)c(=O)c2c1C. The van der Waals surface area contributed by atoms with E-state index in [0.29, 0.717) is 19.4 Å². The summed E-state index contributed by atoms with van der Waals surface area (Å²) in [5.41, 5.74) is 0.744. The quantitative estimate of drug-likeness (QED) is 0.458. The number of ketones is 1. The largest absolute Gasteiger partial charge is 0.457 e. The van der Waals surface area contributed by atoms with E-state index in [-0.39, 0.29) is 30.9 Å². The molecule has 3 aromatic rings. The minimum absolute atomic E-state index is 0.0201. The lowest BCUT2D eigenvalue weighted by Gasteiger charge is -2.06. The van der Waals surface area contributed by atoms with Gasteiger partial charge in [-0.3, -0.25) is 19.0 Å². The molecule has 136 valence electrons. The van der Waals surface area contributed by atoms with Crippen LogP contribution in [-0.4, -0.2) is 27.9 Å². The molecule has 0 saturated heterocycles. The van der Waals surface area contributed by atoms with Crippen molar-refractivity contribution in [3.05, 3.63) is 48.5 Å². The van der Waals surface area contributed by atoms with Crippen LogP contribution in [0, 0.1) is 13.8 Å². The van der Waals surface area contributed by atoms with Crippen molar-refractivity contribution in [3.8, 4) is 0 Å². The van der Waals surface area contributed by atoms with Gasteiger partial charge in [-0.05, 0) is 31.5 Å². The van der Waals surface area contributed by atoms with Gasteiger partial charge in [0.25, 0.3) is 5.56 Å². The highest BCUT2D eigenvalue weighted by molar-refractivity contribution is 7.18. The topological polar surface area (TPSA) is 78.3 Å². The van der Waals surface area contributed by atoms with Crippen LogP contribution in [0.15, 0.2) is 23.3 Å². The van der Waals surface area contributed by atoms with Crippen LogP contribution in [0.2, 0.25) is 4.34 Å². The number of fused-ring (bicyclic) bond motifs is 1. The summed E-state index contributed by atoms with van der Waals surface area (Å²) in [7, 11) is 0. The summed E-state index contributed by atoms with van der Waals surface area (Å²) in [4.78, 5) is 42.8. The molecule has 0 N–H and O–H groups in total. The van der Waals surface area contributed by atoms with Crippen molar-refractivity contribution in [2.75, 3.05) is 6.61 Å². The zero-order valence-corrected chi connectivity index (χ0v) is 16.5. The highest BCUT2D eigenvalue weighted by Gasteiger charge is 2.14. The normalized spacial score (nSPS) is 11.0. The predicted molar refractivity (Wildman–Crippen MR) is 103 cm³/mol. The monoisotopic (exact) mass is 410 g/mol. The first-order valence-electron chi connectivity index (χ1n) is 7.76. The molecule has 0 amide bonds. The number of hydrogen-bond donors (Lipinski definition) is 0. The molecule has 26 heavy (non-hydrogen) atoms. The average molecular weight is 411 g/mol. The second-order valence-electron chi connectivity index (χ2n) is 5.64. The molecular formula is C17H15ClN2O4S2. The summed E-state index contributed by atoms with van der Waals surface area (Å²) >= 11 is 8.39. The van der Waals surface area contributed by atoms with Gasteiger partial charge >= 0.3 is 5.97 Å². The standard InChI is InChI=1S/C17H15ClN2O4S2/c1-9-10(2)25-16-15(9)17(23)20(8-19-16)6-5-14(22)24-7-11(21)12-3-4-13(18)26-12/h3-4,8H,5-7H2,1-2H3. The number of aromatic nitrogens is 2. The zero-order chi connectivity index (χ0) is 18.8. The number of aryl methyl sites for hydroxylation is 3. The fraction of sp³-hybridized carbons (Fsp3) is 0.294. The van der Waals surface area contributed by atoms with Crippen LogP contribution in [0.3, 0.4) is 0 Å². The zero-order valence-electron chi connectivity index (χ0n) is 14.1. The average Bonchev–Trinajstić information content (AvgIpc) is 3.16. The third kappa shape index (κ3) is 3.87. The van der Waals surface area contributed by atoms with E-state index in [1.165, 1.54) is 22.2 Å². The highest BCUT2D eigenvalue weighted by atomic mass is 35.5. The maximum atomic E-state index is 12.5. The van der Waals surface area contributed by atoms with Gasteiger partial charge in [-0.15, -0.1) is 22.7 Å². The van der Waals surface area contributed by atoms with Gasteiger partial charge in [-0.1, -0.05) is 11.6 Å². The molecule has 0 bridgehead atoms. The first-order valence-corrected chi connectivity index (χ1v) is 9.77. The number of thiophene rings is 2. The molecule has 0 aliphatic carbocycles. The molecule has 3 aromatic heterocycles. The molecule has 0 unspecified atom stereocenters. The Labute approximate surface area is 162 Å². The molecule has 0 aromatic carbocycles. The van der Waals surface area contributed by atoms with E-state index in [2.05, 4.69) is 4.98 Å². The minimum Gasteiger partial charge on any atom is -0.457 e. The molecule has 0 saturated carbocycles. The van der Waals surface area contributed by atoms with Crippen molar-refractivity contribution in [1.29, 1.82) is 0 Å². The number of halogens is 1. The van der Waals surface area contributed by atoms with Crippen LogP contribution in [0.4, 0.5) is 0 Å². The molecule has 9 heteroatoms. The second-order valence-corrected chi connectivity index (χ2v) is 8.56. The second kappa shape index (κ2) is 7.69. The van der Waals surface area contributed by atoms with Crippen LogP contribution in [0.25, 0.3) is 10.2 Å². The van der Waals surface area contributed by atoms with Gasteiger partial charge < -0.3 is 4.74 Å². The van der Waals surface area contributed by atoms with Crippen LogP contribution < -0.4 is 5.56 Å². The number of ether oxygens (including phenoxy) is 1. The van der Waals surface area contributed by atoms with Crippen molar-refractivity contribution in [3.63, 3.8) is 0 Å². The Kier molecular flexibility index (Phi) is 5.55. The lowest BCUT2D eigenvalue weighted by Crippen LogP contribution is -2.23. The summed E-state index contributed by atoms with van der Waals surface area (Å²) in [6, 6.07) is 3.21. The fourth-order valence-electron chi connectivity index (χ4n) is 2.39. The van der Waals surface area contributed by atoms with E-state index >= 15 is 0 Å². The molecule has 6 nitrogen and oxygen atoms in total. The lowest BCUT2D eigenvalue weighted by atomic mass is 10.2. The lowest BCUT2D eigenvalue weighted by molar-refractivity contribution is -0.142. The van der Waals surface area contributed by atoms with Gasteiger partial charge in [0.05, 0.1) is 27.3 Å². The van der Waals surface area contributed by atoms with Gasteiger partial charge in [0, 0.05) is 11.4 Å². The van der Waals surface area contributed by atoms with E-state index in [1.54, 1.807) is 12.1 Å². The van der Waals surface area contributed by atoms with Crippen LogP contribution in [-0.2, 0) is 16.1 Å². The number of esters is 1. The van der Waals surface area contributed by atoms with Gasteiger partial charge in [-0.25, -0.2) is 4.98 Å². The van der Waals surface area contributed by atoms with Gasteiger partial charge in [-0.2, -0.15) is 0 Å². The van der Waals surface area contributed by atoms with Gasteiger partial charge in [0.1, 0.15) is 4.83 Å². The maximum absolute atomic E-state index is 12.5. The number of nitrogens with zero attached hydrogens (tertiary/aromatic N) is 2. The predicted octanol–water partition coefficient (Wildman–Crippen LogP) is 3.61. The third-order valence-electron chi connectivity index (χ3n) is 3.92. The maximum Gasteiger partial charge on any atom is 0.308 e. The Morgan fingerprint density at radius 3 is 2.73 bits per heavy atom. The van der Waals surface area contributed by atoms with Crippen LogP contribution >= 0.6 is 34.3 Å². The third-order valence-corrected chi connectivity index (χ3v) is 6.31. The Balaban J connectivity index is 1.60. The summed E-state index contributed by atoms with van der Waals surface area (Å²) in [5.74, 6) is -0.855. The molecule has 3 rings (SSSR count). The van der Waals surface area contributed by atoms with E-state index in [0.717, 1.165) is 21.8 Å². The van der Waals surface area contributed by atoms with Crippen LogP contribution in [0.1, 0.15) is 26.5 Å². The number of rotatable bonds is 6. The van der Waals surface area contributed by atoms with Crippen molar-refractivity contribution in [2.24, 2.45) is 0 Å². The molecule has 0 spiro atoms. The number of carbonyl (C=O) groups excluding carboxylic acids is 2. The van der Waals surface area contributed by atoms with E-state index in [4.69, 9.17) is 16.3 Å². The number of Topliss-reactive ketones (excluding diaryl/α,β-unsaturated/α-hetero) is 1. The molecular weight excluding hydrogens is 396 g/mol. The Morgan fingerprint density at radius 1 is 1.27 bits per heavy atom. The fourth-order valence-corrected chi connectivity index (χ4v) is 4.35. The number of hydrogen-bond acceptors (Lipinski definition) is 7.